The summed E-state index contributed by atoms with van der Waals surface area (Å²) < 4.78 is 48.1. The maximum atomic E-state index is 12.5. The summed E-state index contributed by atoms with van der Waals surface area (Å²) in [5.74, 6) is 1.27. The molecule has 2 aromatic rings. The zero-order valence-electron chi connectivity index (χ0n) is 14.6. The topological polar surface area (TPSA) is 102 Å². The molecule has 2 aromatic carbocycles. The van der Waals surface area contributed by atoms with Gasteiger partial charge in [-0.15, -0.1) is 0 Å². The smallest absolute Gasteiger partial charge is 0.317 e. The first-order valence-electron chi connectivity index (χ1n) is 8.12. The summed E-state index contributed by atoms with van der Waals surface area (Å²) in [5.41, 5.74) is 1.45. The van der Waals surface area contributed by atoms with E-state index in [2.05, 4.69) is 9.25 Å². The summed E-state index contributed by atoms with van der Waals surface area (Å²) in [6.07, 6.45) is 1.08. The number of para-hydroxylation sites is 1. The van der Waals surface area contributed by atoms with Crippen LogP contribution in [-0.4, -0.2) is 20.0 Å². The van der Waals surface area contributed by atoms with Gasteiger partial charge in [0.15, 0.2) is 0 Å². The van der Waals surface area contributed by atoms with Crippen molar-refractivity contribution in [3.63, 3.8) is 0 Å². The molecule has 0 aliphatic heterocycles. The summed E-state index contributed by atoms with van der Waals surface area (Å²) in [6, 6.07) is 12.3. The SMILES string of the molecule is CCc1c(Oc2ccccc2)ccc(S(=O)(=O)NCO[PH](=O)O)c1CC. The van der Waals surface area contributed by atoms with Crippen molar-refractivity contribution in [1.82, 2.24) is 4.72 Å². The Balaban J connectivity index is 2.38. The first-order valence-corrected chi connectivity index (χ1v) is 10.9. The molecule has 0 heterocycles. The van der Waals surface area contributed by atoms with Crippen molar-refractivity contribution in [2.24, 2.45) is 0 Å². The van der Waals surface area contributed by atoms with Crippen molar-refractivity contribution in [2.75, 3.05) is 6.73 Å². The number of ether oxygens (including phenoxy) is 1. The van der Waals surface area contributed by atoms with Crippen LogP contribution in [0, 0.1) is 0 Å². The molecule has 1 unspecified atom stereocenters. The van der Waals surface area contributed by atoms with E-state index in [4.69, 9.17) is 9.63 Å². The summed E-state index contributed by atoms with van der Waals surface area (Å²) in [4.78, 5) is 8.76. The van der Waals surface area contributed by atoms with Crippen LogP contribution in [0.2, 0.25) is 0 Å². The number of hydrogen-bond acceptors (Lipinski definition) is 5. The summed E-state index contributed by atoms with van der Waals surface area (Å²) in [7, 11) is -7.09. The minimum atomic E-state index is -3.89. The molecule has 1 atom stereocenters. The lowest BCUT2D eigenvalue weighted by Gasteiger charge is -2.18. The molecular weight excluding hydrogens is 377 g/mol. The van der Waals surface area contributed by atoms with Crippen molar-refractivity contribution in [1.29, 1.82) is 0 Å². The third-order valence-electron chi connectivity index (χ3n) is 3.76. The molecule has 0 saturated heterocycles. The lowest BCUT2D eigenvalue weighted by molar-refractivity contribution is 0.277. The first kappa shape index (κ1) is 20.6. The second-order valence-corrected chi connectivity index (χ2v) is 7.90. The number of rotatable bonds is 9. The van der Waals surface area contributed by atoms with E-state index in [9.17, 15) is 13.0 Å². The van der Waals surface area contributed by atoms with Crippen LogP contribution in [-0.2, 0) is 32.0 Å². The minimum absolute atomic E-state index is 0.110. The Morgan fingerprint density at radius 2 is 1.69 bits per heavy atom. The maximum absolute atomic E-state index is 12.5. The van der Waals surface area contributed by atoms with E-state index >= 15 is 0 Å². The highest BCUT2D eigenvalue weighted by atomic mass is 32.2. The normalized spacial score (nSPS) is 12.7. The lowest BCUT2D eigenvalue weighted by Crippen LogP contribution is -2.26. The van der Waals surface area contributed by atoms with E-state index in [1.165, 1.54) is 6.07 Å². The third kappa shape index (κ3) is 5.16. The second kappa shape index (κ2) is 9.30. The third-order valence-corrected chi connectivity index (χ3v) is 5.61. The Hall–Kier alpha value is -1.70. The van der Waals surface area contributed by atoms with Gasteiger partial charge in [-0.05, 0) is 48.2 Å². The number of sulfonamides is 1. The average Bonchev–Trinajstić information content (AvgIpc) is 2.61. The molecule has 9 heteroatoms. The largest absolute Gasteiger partial charge is 0.457 e. The van der Waals surface area contributed by atoms with Crippen LogP contribution in [0.15, 0.2) is 47.4 Å². The van der Waals surface area contributed by atoms with Gasteiger partial charge in [0.1, 0.15) is 18.2 Å². The quantitative estimate of drug-likeness (QED) is 0.496. The van der Waals surface area contributed by atoms with Gasteiger partial charge < -0.3 is 9.63 Å². The predicted molar refractivity (Wildman–Crippen MR) is 99.2 cm³/mol. The van der Waals surface area contributed by atoms with Crippen molar-refractivity contribution in [3.8, 4) is 11.5 Å². The number of benzene rings is 2. The van der Waals surface area contributed by atoms with Crippen LogP contribution in [0.5, 0.6) is 11.5 Å². The van der Waals surface area contributed by atoms with Crippen molar-refractivity contribution in [2.45, 2.75) is 31.6 Å². The van der Waals surface area contributed by atoms with Gasteiger partial charge in [0.25, 0.3) is 0 Å². The molecule has 0 amide bonds. The molecule has 142 valence electrons. The van der Waals surface area contributed by atoms with Gasteiger partial charge >= 0.3 is 8.25 Å². The molecule has 7 nitrogen and oxygen atoms in total. The molecule has 0 radical (unpaired) electrons. The van der Waals surface area contributed by atoms with Crippen LogP contribution in [0.25, 0.3) is 0 Å². The zero-order chi connectivity index (χ0) is 19.2. The van der Waals surface area contributed by atoms with Crippen LogP contribution in [0.3, 0.4) is 0 Å². The van der Waals surface area contributed by atoms with E-state index < -0.39 is 25.0 Å². The van der Waals surface area contributed by atoms with Gasteiger partial charge in [-0.2, -0.15) is 4.72 Å². The van der Waals surface area contributed by atoms with Gasteiger partial charge in [-0.1, -0.05) is 32.0 Å². The molecule has 2 N–H and O–H groups in total. The first-order chi connectivity index (χ1) is 12.4. The Kier molecular flexibility index (Phi) is 7.37. The summed E-state index contributed by atoms with van der Waals surface area (Å²) >= 11 is 0. The fraction of sp³-hybridized carbons (Fsp3) is 0.294. The van der Waals surface area contributed by atoms with Crippen molar-refractivity contribution < 1.29 is 27.1 Å². The van der Waals surface area contributed by atoms with E-state index in [1.54, 1.807) is 6.07 Å². The average molecular weight is 399 g/mol. The molecule has 2 rings (SSSR count). The maximum Gasteiger partial charge on any atom is 0.317 e. The molecule has 0 aliphatic rings. The molecule has 0 spiro atoms. The van der Waals surface area contributed by atoms with Crippen LogP contribution < -0.4 is 9.46 Å². The minimum Gasteiger partial charge on any atom is -0.457 e. The highest BCUT2D eigenvalue weighted by Crippen LogP contribution is 2.32. The Morgan fingerprint density at radius 1 is 1.04 bits per heavy atom. The molecule has 0 aromatic heterocycles. The molecule has 0 aliphatic carbocycles. The molecular formula is C17H22NO6PS. The standard InChI is InChI=1S/C17H22NO6PS/c1-3-14-15(4-2)17(26(21,22)18-12-23-25(19)20)11-10-16(14)24-13-8-6-5-7-9-13/h5-11,18,25H,3-4,12H2,1-2H3,(H,19,20). The van der Waals surface area contributed by atoms with Crippen molar-refractivity contribution >= 4 is 18.3 Å². The summed E-state index contributed by atoms with van der Waals surface area (Å²) in [5, 5.41) is 0. The highest BCUT2D eigenvalue weighted by Gasteiger charge is 2.22. The fourth-order valence-corrected chi connectivity index (χ4v) is 4.14. The predicted octanol–water partition coefficient (Wildman–Crippen LogP) is 3.24. The number of nitrogens with one attached hydrogen (secondary N) is 1. The van der Waals surface area contributed by atoms with E-state index in [0.717, 1.165) is 5.56 Å². The molecule has 0 bridgehead atoms. The lowest BCUT2D eigenvalue weighted by atomic mass is 10.0. The monoisotopic (exact) mass is 399 g/mol. The number of hydrogen-bond donors (Lipinski definition) is 2. The van der Waals surface area contributed by atoms with E-state index in [-0.39, 0.29) is 4.90 Å². The van der Waals surface area contributed by atoms with Gasteiger partial charge in [0, 0.05) is 0 Å². The summed E-state index contributed by atoms with van der Waals surface area (Å²) in [6.45, 7) is 3.23. The van der Waals surface area contributed by atoms with Crippen molar-refractivity contribution in [3.05, 3.63) is 53.6 Å². The van der Waals surface area contributed by atoms with Crippen LogP contribution in [0.1, 0.15) is 25.0 Å². The fourth-order valence-electron chi connectivity index (χ4n) is 2.63. The van der Waals surface area contributed by atoms with Gasteiger partial charge in [0.05, 0.1) is 4.90 Å². The Morgan fingerprint density at radius 3 is 2.27 bits per heavy atom. The van der Waals surface area contributed by atoms with Crippen LogP contribution >= 0.6 is 8.25 Å². The second-order valence-electron chi connectivity index (χ2n) is 5.34. The molecule has 0 fully saturated rings. The molecule has 26 heavy (non-hydrogen) atoms. The van der Waals surface area contributed by atoms with Gasteiger partial charge in [-0.25, -0.2) is 8.42 Å². The highest BCUT2D eigenvalue weighted by molar-refractivity contribution is 7.89. The zero-order valence-corrected chi connectivity index (χ0v) is 16.4. The van der Waals surface area contributed by atoms with E-state index in [0.29, 0.717) is 29.9 Å². The van der Waals surface area contributed by atoms with Gasteiger partial charge in [0.2, 0.25) is 10.0 Å². The Labute approximate surface area is 154 Å². The van der Waals surface area contributed by atoms with Crippen LogP contribution in [0.4, 0.5) is 0 Å². The molecule has 0 saturated carbocycles. The van der Waals surface area contributed by atoms with Gasteiger partial charge in [-0.3, -0.25) is 9.09 Å². The Bertz CT molecular complexity index is 870. The van der Waals surface area contributed by atoms with E-state index in [1.807, 2.05) is 44.2 Å².